The lowest BCUT2D eigenvalue weighted by atomic mass is 10.2. The third-order valence-electron chi connectivity index (χ3n) is 3.75. The number of carbonyl (C=O) groups is 2. The zero-order valence-corrected chi connectivity index (χ0v) is 19.2. The number of nitriles is 1. The lowest BCUT2D eigenvalue weighted by Crippen LogP contribution is -2.35. The van der Waals surface area contributed by atoms with E-state index in [9.17, 15) is 14.0 Å². The highest BCUT2D eigenvalue weighted by molar-refractivity contribution is 9.11. The molecule has 0 saturated heterocycles. The van der Waals surface area contributed by atoms with Gasteiger partial charge in [-0.3, -0.25) is 10.1 Å². The molecule has 0 aliphatic heterocycles. The Hall–Kier alpha value is -3.00. The van der Waals surface area contributed by atoms with Gasteiger partial charge in [0.2, 0.25) is 5.88 Å². The third-order valence-corrected chi connectivity index (χ3v) is 5.24. The summed E-state index contributed by atoms with van der Waals surface area (Å²) in [5.41, 5.74) is 0.270. The molecule has 0 spiro atoms. The van der Waals surface area contributed by atoms with Crippen molar-refractivity contribution in [1.29, 1.82) is 5.26 Å². The summed E-state index contributed by atoms with van der Waals surface area (Å²) in [6.45, 7) is 0. The zero-order chi connectivity index (χ0) is 22.5. The number of halogens is 4. The van der Waals surface area contributed by atoms with Crippen molar-refractivity contribution in [2.24, 2.45) is 0 Å². The fourth-order valence-electron chi connectivity index (χ4n) is 2.38. The Morgan fingerprint density at radius 3 is 2.45 bits per heavy atom. The van der Waals surface area contributed by atoms with Gasteiger partial charge in [0.15, 0.2) is 5.75 Å². The lowest BCUT2D eigenvalue weighted by Gasteiger charge is -2.13. The molecule has 11 heteroatoms. The molecule has 0 saturated carbocycles. The van der Waals surface area contributed by atoms with E-state index in [1.54, 1.807) is 6.07 Å². The van der Waals surface area contributed by atoms with Crippen LogP contribution in [0.4, 0.5) is 14.9 Å². The molecule has 0 aliphatic rings. The number of imide groups is 1. The first-order valence-electron chi connectivity index (χ1n) is 8.38. The van der Waals surface area contributed by atoms with E-state index < -0.39 is 23.3 Å². The number of rotatable bonds is 4. The Kier molecular flexibility index (Phi) is 7.22. The standard InChI is InChI=1S/C20H10Br2ClFN4O3/c21-12-6-11(7-13(22)18(12)31-16-5-4-10(8-25)9-26-16)27-20(30)28-19(29)17-14(23)2-1-3-15(17)24/h1-7,9H,(H2,27,28,29,30). The molecule has 2 aromatic carbocycles. The van der Waals surface area contributed by atoms with Crippen molar-refractivity contribution in [2.45, 2.75) is 0 Å². The molecule has 3 rings (SSSR count). The first-order valence-corrected chi connectivity index (χ1v) is 10.3. The molecule has 0 radical (unpaired) electrons. The number of amides is 3. The highest BCUT2D eigenvalue weighted by Crippen LogP contribution is 2.38. The van der Waals surface area contributed by atoms with Crippen LogP contribution < -0.4 is 15.4 Å². The van der Waals surface area contributed by atoms with Crippen LogP contribution in [0, 0.1) is 17.1 Å². The maximum atomic E-state index is 13.8. The predicted octanol–water partition coefficient (Wildman–Crippen LogP) is 6.02. The smallest absolute Gasteiger partial charge is 0.326 e. The molecule has 1 heterocycles. The number of nitrogens with zero attached hydrogens (tertiary/aromatic N) is 2. The molecule has 0 bridgehead atoms. The van der Waals surface area contributed by atoms with E-state index in [2.05, 4.69) is 42.2 Å². The van der Waals surface area contributed by atoms with Crippen LogP contribution in [0.25, 0.3) is 0 Å². The van der Waals surface area contributed by atoms with Gasteiger partial charge in [-0.15, -0.1) is 0 Å². The summed E-state index contributed by atoms with van der Waals surface area (Å²) < 4.78 is 20.4. The molecule has 2 N–H and O–H groups in total. The van der Waals surface area contributed by atoms with E-state index in [4.69, 9.17) is 21.6 Å². The van der Waals surface area contributed by atoms with Crippen molar-refractivity contribution < 1.29 is 18.7 Å². The van der Waals surface area contributed by atoms with Gasteiger partial charge >= 0.3 is 6.03 Å². The van der Waals surface area contributed by atoms with Gasteiger partial charge in [0.25, 0.3) is 5.91 Å². The van der Waals surface area contributed by atoms with Gasteiger partial charge in [0.05, 0.1) is 25.1 Å². The van der Waals surface area contributed by atoms with Gasteiger partial charge in [0.1, 0.15) is 11.9 Å². The van der Waals surface area contributed by atoms with Crippen LogP contribution in [0.2, 0.25) is 5.02 Å². The summed E-state index contributed by atoms with van der Waals surface area (Å²) in [6.07, 6.45) is 1.37. The number of carbonyl (C=O) groups excluding carboxylic acids is 2. The maximum Gasteiger partial charge on any atom is 0.326 e. The molecule has 1 aromatic heterocycles. The average molecular weight is 569 g/mol. The Bertz CT molecular complexity index is 1170. The third kappa shape index (κ3) is 5.58. The van der Waals surface area contributed by atoms with Crippen LogP contribution in [-0.2, 0) is 0 Å². The van der Waals surface area contributed by atoms with Gasteiger partial charge in [0, 0.05) is 18.0 Å². The lowest BCUT2D eigenvalue weighted by molar-refractivity contribution is 0.0963. The van der Waals surface area contributed by atoms with Crippen LogP contribution >= 0.6 is 43.5 Å². The van der Waals surface area contributed by atoms with E-state index in [1.807, 2.05) is 11.4 Å². The van der Waals surface area contributed by atoms with Gasteiger partial charge in [-0.25, -0.2) is 14.2 Å². The monoisotopic (exact) mass is 566 g/mol. The zero-order valence-electron chi connectivity index (χ0n) is 15.2. The summed E-state index contributed by atoms with van der Waals surface area (Å²) in [7, 11) is 0. The number of aromatic nitrogens is 1. The molecule has 156 valence electrons. The highest BCUT2D eigenvalue weighted by Gasteiger charge is 2.19. The molecular formula is C20H10Br2ClFN4O3. The molecule has 3 aromatic rings. The summed E-state index contributed by atoms with van der Waals surface area (Å²) in [6, 6.07) is 11.0. The minimum Gasteiger partial charge on any atom is -0.437 e. The fraction of sp³-hybridized carbons (Fsp3) is 0. The predicted molar refractivity (Wildman–Crippen MR) is 119 cm³/mol. The number of hydrogen-bond acceptors (Lipinski definition) is 5. The van der Waals surface area contributed by atoms with Crippen molar-refractivity contribution in [3.8, 4) is 17.7 Å². The Balaban J connectivity index is 1.71. The molecule has 31 heavy (non-hydrogen) atoms. The molecule has 0 aliphatic carbocycles. The van der Waals surface area contributed by atoms with Crippen molar-refractivity contribution in [2.75, 3.05) is 5.32 Å². The van der Waals surface area contributed by atoms with E-state index in [1.165, 1.54) is 36.5 Å². The number of urea groups is 1. The number of hydrogen-bond donors (Lipinski definition) is 2. The summed E-state index contributed by atoms with van der Waals surface area (Å²) >= 11 is 12.5. The quantitative estimate of drug-likeness (QED) is 0.400. The number of nitrogens with one attached hydrogen (secondary N) is 2. The average Bonchev–Trinajstić information content (AvgIpc) is 2.71. The van der Waals surface area contributed by atoms with Crippen LogP contribution in [0.1, 0.15) is 15.9 Å². The molecule has 0 atom stereocenters. The normalized spacial score (nSPS) is 10.2. The van der Waals surface area contributed by atoms with Crippen molar-refractivity contribution >= 4 is 61.1 Å². The number of anilines is 1. The molecular weight excluding hydrogens is 559 g/mol. The van der Waals surface area contributed by atoms with E-state index in [0.29, 0.717) is 25.9 Å². The van der Waals surface area contributed by atoms with E-state index >= 15 is 0 Å². The molecule has 0 unspecified atom stereocenters. The Morgan fingerprint density at radius 2 is 1.87 bits per heavy atom. The second kappa shape index (κ2) is 9.87. The minimum absolute atomic E-state index is 0.117. The van der Waals surface area contributed by atoms with Crippen LogP contribution in [-0.4, -0.2) is 16.9 Å². The topological polar surface area (TPSA) is 104 Å². The largest absolute Gasteiger partial charge is 0.437 e. The van der Waals surface area contributed by atoms with E-state index in [-0.39, 0.29) is 10.9 Å². The molecule has 7 nitrogen and oxygen atoms in total. The van der Waals surface area contributed by atoms with E-state index in [0.717, 1.165) is 6.07 Å². The molecule has 0 fully saturated rings. The van der Waals surface area contributed by atoms with Crippen molar-refractivity contribution in [1.82, 2.24) is 10.3 Å². The number of pyridine rings is 1. The second-order valence-electron chi connectivity index (χ2n) is 5.87. The summed E-state index contributed by atoms with van der Waals surface area (Å²) in [5, 5.41) is 13.2. The first kappa shape index (κ1) is 22.7. The number of ether oxygens (including phenoxy) is 1. The maximum absolute atomic E-state index is 13.8. The van der Waals surface area contributed by atoms with Crippen LogP contribution in [0.3, 0.4) is 0 Å². The summed E-state index contributed by atoms with van der Waals surface area (Å²) in [4.78, 5) is 28.4. The summed E-state index contributed by atoms with van der Waals surface area (Å²) in [5.74, 6) is -1.20. The van der Waals surface area contributed by atoms with Crippen LogP contribution in [0.5, 0.6) is 11.6 Å². The second-order valence-corrected chi connectivity index (χ2v) is 7.99. The van der Waals surface area contributed by atoms with Crippen molar-refractivity contribution in [3.05, 3.63) is 79.6 Å². The highest BCUT2D eigenvalue weighted by atomic mass is 79.9. The van der Waals surface area contributed by atoms with Crippen molar-refractivity contribution in [3.63, 3.8) is 0 Å². The Labute approximate surface area is 197 Å². The molecule has 3 amide bonds. The fourth-order valence-corrected chi connectivity index (χ4v) is 3.98. The SMILES string of the molecule is N#Cc1ccc(Oc2c(Br)cc(NC(=O)NC(=O)c3c(F)cccc3Cl)cc2Br)nc1. The van der Waals surface area contributed by atoms with Gasteiger partial charge in [-0.2, -0.15) is 5.26 Å². The Morgan fingerprint density at radius 1 is 1.16 bits per heavy atom. The van der Waals surface area contributed by atoms with Gasteiger partial charge in [-0.1, -0.05) is 17.7 Å². The van der Waals surface area contributed by atoms with Gasteiger partial charge < -0.3 is 10.1 Å². The number of benzene rings is 2. The van der Waals surface area contributed by atoms with Gasteiger partial charge in [-0.05, 0) is 62.2 Å². The first-order chi connectivity index (χ1) is 14.8. The van der Waals surface area contributed by atoms with Crippen LogP contribution in [0.15, 0.2) is 57.6 Å². The minimum atomic E-state index is -0.981.